The van der Waals surface area contributed by atoms with Crippen molar-refractivity contribution in [2.75, 3.05) is 37.2 Å². The first-order valence-electron chi connectivity index (χ1n) is 8.21. The molecular weight excluding hydrogens is 389 g/mol. The molecule has 2 aromatic rings. The highest BCUT2D eigenvalue weighted by molar-refractivity contribution is 7.99. The summed E-state index contributed by atoms with van der Waals surface area (Å²) >= 11 is 1.58. The van der Waals surface area contributed by atoms with Gasteiger partial charge in [0.05, 0.1) is 5.69 Å². The number of thioether (sulfide) groups is 1. The maximum Gasteiger partial charge on any atom is 0.304 e. The van der Waals surface area contributed by atoms with Crippen LogP contribution in [0.5, 0.6) is 0 Å². The summed E-state index contributed by atoms with van der Waals surface area (Å²) in [6.07, 6.45) is 0. The highest BCUT2D eigenvalue weighted by Crippen LogP contribution is 2.22. The lowest BCUT2D eigenvalue weighted by Gasteiger charge is -2.27. The molecule has 1 amide bonds. The number of rotatable bonds is 9. The average Bonchev–Trinajstić information content (AvgIpc) is 2.64. The fourth-order valence-corrected chi connectivity index (χ4v) is 4.07. The van der Waals surface area contributed by atoms with Crippen molar-refractivity contribution in [2.24, 2.45) is 0 Å². The molecule has 9 heteroatoms. The van der Waals surface area contributed by atoms with Crippen LogP contribution in [0, 0.1) is 5.82 Å². The van der Waals surface area contributed by atoms with E-state index in [9.17, 15) is 17.6 Å². The van der Waals surface area contributed by atoms with Gasteiger partial charge in [0.1, 0.15) is 12.4 Å². The summed E-state index contributed by atoms with van der Waals surface area (Å²) in [6, 6.07) is 15.2. The second-order valence-corrected chi connectivity index (χ2v) is 8.99. The van der Waals surface area contributed by atoms with Crippen LogP contribution < -0.4 is 9.62 Å². The number of nitrogens with one attached hydrogen (secondary N) is 1. The van der Waals surface area contributed by atoms with Crippen molar-refractivity contribution in [3.05, 3.63) is 60.4 Å². The van der Waals surface area contributed by atoms with Gasteiger partial charge in [-0.1, -0.05) is 30.3 Å². The summed E-state index contributed by atoms with van der Waals surface area (Å²) in [5, 5.41) is 2.68. The minimum Gasteiger partial charge on any atom is -0.354 e. The van der Waals surface area contributed by atoms with Gasteiger partial charge in [-0.05, 0) is 24.3 Å². The zero-order valence-corrected chi connectivity index (χ0v) is 16.8. The lowest BCUT2D eigenvalue weighted by molar-refractivity contribution is -0.119. The van der Waals surface area contributed by atoms with Gasteiger partial charge in [0.2, 0.25) is 5.91 Å². The Morgan fingerprint density at radius 3 is 2.33 bits per heavy atom. The fraction of sp³-hybridized carbons (Fsp3) is 0.278. The molecule has 0 bridgehead atoms. The van der Waals surface area contributed by atoms with E-state index in [2.05, 4.69) is 5.32 Å². The number of benzene rings is 2. The monoisotopic (exact) mass is 411 g/mol. The summed E-state index contributed by atoms with van der Waals surface area (Å²) in [5.74, 6) is -0.580. The summed E-state index contributed by atoms with van der Waals surface area (Å²) in [6.45, 7) is -0.136. The van der Waals surface area contributed by atoms with Crippen LogP contribution in [0.15, 0.2) is 59.5 Å². The number of amides is 1. The highest BCUT2D eigenvalue weighted by Gasteiger charge is 2.29. The molecule has 0 aromatic heterocycles. The molecule has 1 N–H and O–H groups in total. The van der Waals surface area contributed by atoms with Crippen molar-refractivity contribution in [2.45, 2.75) is 4.90 Å². The number of anilines is 1. The number of nitrogens with zero attached hydrogens (tertiary/aromatic N) is 2. The van der Waals surface area contributed by atoms with Crippen molar-refractivity contribution < 1.29 is 17.6 Å². The van der Waals surface area contributed by atoms with E-state index in [4.69, 9.17) is 0 Å². The van der Waals surface area contributed by atoms with Gasteiger partial charge in [-0.3, -0.25) is 4.79 Å². The van der Waals surface area contributed by atoms with E-state index in [0.717, 1.165) is 19.6 Å². The van der Waals surface area contributed by atoms with E-state index in [0.29, 0.717) is 12.3 Å². The van der Waals surface area contributed by atoms with Gasteiger partial charge in [0.25, 0.3) is 0 Å². The summed E-state index contributed by atoms with van der Waals surface area (Å²) in [5.41, 5.74) is -0.167. The maximum absolute atomic E-state index is 14.1. The van der Waals surface area contributed by atoms with Gasteiger partial charge in [-0.15, -0.1) is 11.8 Å². The number of para-hydroxylation sites is 1. The normalized spacial score (nSPS) is 11.4. The van der Waals surface area contributed by atoms with Crippen LogP contribution in [0.1, 0.15) is 0 Å². The molecule has 0 heterocycles. The molecule has 0 aliphatic rings. The van der Waals surface area contributed by atoms with Crippen LogP contribution in [0.25, 0.3) is 0 Å². The minimum atomic E-state index is -4.02. The summed E-state index contributed by atoms with van der Waals surface area (Å²) < 4.78 is 40.9. The maximum atomic E-state index is 14.1. The molecule has 2 rings (SSSR count). The third-order valence-electron chi connectivity index (χ3n) is 3.58. The lowest BCUT2D eigenvalue weighted by Crippen LogP contribution is -2.46. The van der Waals surface area contributed by atoms with Gasteiger partial charge in [0.15, 0.2) is 0 Å². The average molecular weight is 412 g/mol. The van der Waals surface area contributed by atoms with E-state index in [1.807, 2.05) is 30.3 Å². The van der Waals surface area contributed by atoms with E-state index >= 15 is 0 Å². The van der Waals surface area contributed by atoms with Gasteiger partial charge >= 0.3 is 10.2 Å². The van der Waals surface area contributed by atoms with Crippen LogP contribution in [-0.4, -0.2) is 51.6 Å². The van der Waals surface area contributed by atoms with Gasteiger partial charge in [-0.2, -0.15) is 12.7 Å². The Bertz CT molecular complexity index is 861. The van der Waals surface area contributed by atoms with Crippen molar-refractivity contribution in [3.8, 4) is 0 Å². The number of hydrogen-bond acceptors (Lipinski definition) is 4. The van der Waals surface area contributed by atoms with Crippen LogP contribution in [0.2, 0.25) is 0 Å². The Morgan fingerprint density at radius 1 is 1.07 bits per heavy atom. The first kappa shape index (κ1) is 21.2. The van der Waals surface area contributed by atoms with Crippen molar-refractivity contribution in [1.29, 1.82) is 0 Å². The Morgan fingerprint density at radius 2 is 1.70 bits per heavy atom. The minimum absolute atomic E-state index is 0.167. The van der Waals surface area contributed by atoms with E-state index in [1.165, 1.54) is 32.3 Å². The Hall–Kier alpha value is -2.10. The molecular formula is C18H22FN3O3S2. The van der Waals surface area contributed by atoms with E-state index < -0.39 is 28.5 Å². The molecule has 0 spiro atoms. The third-order valence-corrected chi connectivity index (χ3v) is 6.40. The molecule has 0 aliphatic heterocycles. The highest BCUT2D eigenvalue weighted by atomic mass is 32.2. The molecule has 146 valence electrons. The molecule has 0 unspecified atom stereocenters. The summed E-state index contributed by atoms with van der Waals surface area (Å²) in [7, 11) is -1.36. The largest absolute Gasteiger partial charge is 0.354 e. The zero-order valence-electron chi connectivity index (χ0n) is 15.1. The number of carbonyl (C=O) groups is 1. The molecule has 0 fully saturated rings. The third kappa shape index (κ3) is 5.95. The second kappa shape index (κ2) is 9.72. The van der Waals surface area contributed by atoms with E-state index in [1.54, 1.807) is 11.8 Å². The quantitative estimate of drug-likeness (QED) is 0.508. The Balaban J connectivity index is 2.00. The molecule has 0 atom stereocenters. The molecule has 0 saturated heterocycles. The molecule has 0 saturated carbocycles. The Kier molecular flexibility index (Phi) is 7.64. The van der Waals surface area contributed by atoms with E-state index in [-0.39, 0.29) is 5.69 Å². The second-order valence-electron chi connectivity index (χ2n) is 5.76. The van der Waals surface area contributed by atoms with Crippen molar-refractivity contribution in [1.82, 2.24) is 9.62 Å². The standard InChI is InChI=1S/C18H22FN3O3S2/c1-21(2)27(24,25)22(17-11-7-6-10-16(17)19)14-18(23)20-12-13-26-15-8-4-3-5-9-15/h3-11H,12-14H2,1-2H3,(H,20,23). The predicted octanol–water partition coefficient (Wildman–Crippen LogP) is 2.35. The molecule has 2 aromatic carbocycles. The molecule has 0 radical (unpaired) electrons. The number of halogens is 1. The smallest absolute Gasteiger partial charge is 0.304 e. The first-order valence-corrected chi connectivity index (χ1v) is 10.6. The van der Waals surface area contributed by atoms with Crippen LogP contribution in [-0.2, 0) is 15.0 Å². The van der Waals surface area contributed by atoms with Crippen LogP contribution >= 0.6 is 11.8 Å². The molecule has 6 nitrogen and oxygen atoms in total. The zero-order chi connectivity index (χ0) is 19.9. The molecule has 0 aliphatic carbocycles. The topological polar surface area (TPSA) is 69.7 Å². The lowest BCUT2D eigenvalue weighted by atomic mass is 10.3. The predicted molar refractivity (Wildman–Crippen MR) is 107 cm³/mol. The Labute approximate surface area is 163 Å². The van der Waals surface area contributed by atoms with Crippen molar-refractivity contribution in [3.63, 3.8) is 0 Å². The van der Waals surface area contributed by atoms with Gasteiger partial charge in [0, 0.05) is 31.3 Å². The first-order chi connectivity index (χ1) is 12.8. The van der Waals surface area contributed by atoms with Gasteiger partial charge in [-0.25, -0.2) is 8.70 Å². The number of carbonyl (C=O) groups excluding carboxylic acids is 1. The molecule has 27 heavy (non-hydrogen) atoms. The van der Waals surface area contributed by atoms with Gasteiger partial charge < -0.3 is 5.32 Å². The fourth-order valence-electron chi connectivity index (χ4n) is 2.20. The summed E-state index contributed by atoms with van der Waals surface area (Å²) in [4.78, 5) is 13.3. The van der Waals surface area contributed by atoms with Crippen LogP contribution in [0.4, 0.5) is 10.1 Å². The SMILES string of the molecule is CN(C)S(=O)(=O)N(CC(=O)NCCSc1ccccc1)c1ccccc1F. The van der Waals surface area contributed by atoms with Crippen molar-refractivity contribution >= 4 is 33.6 Å². The van der Waals surface area contributed by atoms with Crippen LogP contribution in [0.3, 0.4) is 0 Å². The number of hydrogen-bond donors (Lipinski definition) is 1.